The number of carbonyl (C=O) groups is 2. The van der Waals surface area contributed by atoms with Crippen LogP contribution in [0.2, 0.25) is 0 Å². The summed E-state index contributed by atoms with van der Waals surface area (Å²) in [5.74, 6) is 0.309. The van der Waals surface area contributed by atoms with Crippen LogP contribution in [0.1, 0.15) is 55.5 Å². The van der Waals surface area contributed by atoms with Crippen LogP contribution >= 0.6 is 0 Å². The molecule has 1 aliphatic rings. The predicted octanol–water partition coefficient (Wildman–Crippen LogP) is 6.10. The summed E-state index contributed by atoms with van der Waals surface area (Å²) in [6, 6.07) is 11.8. The van der Waals surface area contributed by atoms with Gasteiger partial charge in [0.2, 0.25) is 0 Å². The third kappa shape index (κ3) is 3.86. The van der Waals surface area contributed by atoms with Crippen molar-refractivity contribution in [2.75, 3.05) is 0 Å². The Morgan fingerprint density at radius 3 is 1.86 bits per heavy atom. The van der Waals surface area contributed by atoms with Gasteiger partial charge >= 0.3 is 0 Å². The highest BCUT2D eigenvalue weighted by Crippen LogP contribution is 2.30. The van der Waals surface area contributed by atoms with Gasteiger partial charge in [0.15, 0.2) is 11.6 Å². The fourth-order valence-electron chi connectivity index (χ4n) is 3.45. The molecule has 0 spiro atoms. The van der Waals surface area contributed by atoms with Crippen LogP contribution in [0.15, 0.2) is 48.0 Å². The molecule has 0 unspecified atom stereocenters. The van der Waals surface area contributed by atoms with Crippen molar-refractivity contribution in [3.8, 4) is 5.75 Å². The Labute approximate surface area is 171 Å². The van der Waals surface area contributed by atoms with Gasteiger partial charge in [-0.05, 0) is 99.0 Å². The fourth-order valence-corrected chi connectivity index (χ4v) is 3.45. The Morgan fingerprint density at radius 1 is 0.655 bits per heavy atom. The molecule has 0 saturated carbocycles. The van der Waals surface area contributed by atoms with E-state index in [2.05, 4.69) is 26.0 Å². The second-order valence-electron chi connectivity index (χ2n) is 7.89. The van der Waals surface area contributed by atoms with Gasteiger partial charge in [-0.15, -0.1) is 0 Å². The van der Waals surface area contributed by atoms with Crippen molar-refractivity contribution in [2.45, 2.75) is 41.5 Å². The molecule has 0 aromatic heterocycles. The molecule has 3 nitrogen and oxygen atoms in total. The molecule has 0 amide bonds. The quantitative estimate of drug-likeness (QED) is 0.508. The Bertz CT molecular complexity index is 1200. The summed E-state index contributed by atoms with van der Waals surface area (Å²) in [6.45, 7) is 11.6. The number of hydrogen-bond donors (Lipinski definition) is 1. The SMILES string of the molecule is CC1=CC(=O)c2cc(C)c(C)cc2C1=O.Cc1cc2ccc(C)c(O)c2cc1C. The second-order valence-corrected chi connectivity index (χ2v) is 7.89. The van der Waals surface area contributed by atoms with Crippen LogP contribution in [-0.4, -0.2) is 16.7 Å². The molecular weight excluding hydrogens is 360 g/mol. The van der Waals surface area contributed by atoms with E-state index >= 15 is 0 Å². The van der Waals surface area contributed by atoms with Crippen molar-refractivity contribution in [1.82, 2.24) is 0 Å². The molecule has 3 aromatic carbocycles. The van der Waals surface area contributed by atoms with Crippen LogP contribution in [0.5, 0.6) is 5.75 Å². The number of Topliss-reactive ketones (excluding diaryl/α,β-unsaturated/α-hetero) is 1. The first-order chi connectivity index (χ1) is 13.6. The minimum absolute atomic E-state index is 0.0345. The van der Waals surface area contributed by atoms with Crippen molar-refractivity contribution in [1.29, 1.82) is 0 Å². The summed E-state index contributed by atoms with van der Waals surface area (Å²) in [5, 5.41) is 11.9. The zero-order chi connectivity index (χ0) is 21.5. The van der Waals surface area contributed by atoms with Crippen LogP contribution in [0, 0.1) is 34.6 Å². The van der Waals surface area contributed by atoms with Crippen LogP contribution in [-0.2, 0) is 0 Å². The third-order valence-corrected chi connectivity index (χ3v) is 5.66. The lowest BCUT2D eigenvalue weighted by atomic mass is 9.87. The van der Waals surface area contributed by atoms with Gasteiger partial charge in [0.05, 0.1) is 0 Å². The summed E-state index contributed by atoms with van der Waals surface area (Å²) in [4.78, 5) is 23.5. The van der Waals surface area contributed by atoms with Gasteiger partial charge in [-0.25, -0.2) is 0 Å². The highest BCUT2D eigenvalue weighted by molar-refractivity contribution is 6.24. The van der Waals surface area contributed by atoms with E-state index in [9.17, 15) is 14.7 Å². The minimum atomic E-state index is -0.0646. The first kappa shape index (κ1) is 20.5. The van der Waals surface area contributed by atoms with Crippen LogP contribution in [0.3, 0.4) is 0 Å². The van der Waals surface area contributed by atoms with Crippen molar-refractivity contribution in [2.24, 2.45) is 0 Å². The van der Waals surface area contributed by atoms with E-state index in [1.807, 2.05) is 32.9 Å². The van der Waals surface area contributed by atoms with E-state index in [1.54, 1.807) is 19.1 Å². The normalized spacial score (nSPS) is 13.0. The smallest absolute Gasteiger partial charge is 0.189 e. The lowest BCUT2D eigenvalue weighted by Crippen LogP contribution is -2.16. The number of allylic oxidation sites excluding steroid dienone is 2. The number of benzene rings is 3. The minimum Gasteiger partial charge on any atom is -0.507 e. The molecule has 0 bridgehead atoms. The van der Waals surface area contributed by atoms with Gasteiger partial charge in [-0.3, -0.25) is 9.59 Å². The van der Waals surface area contributed by atoms with Gasteiger partial charge in [0, 0.05) is 22.1 Å². The number of aryl methyl sites for hydroxylation is 5. The summed E-state index contributed by atoms with van der Waals surface area (Å²) >= 11 is 0. The molecule has 3 aromatic rings. The third-order valence-electron chi connectivity index (χ3n) is 5.66. The predicted molar refractivity (Wildman–Crippen MR) is 118 cm³/mol. The molecule has 148 valence electrons. The van der Waals surface area contributed by atoms with E-state index in [0.29, 0.717) is 22.4 Å². The summed E-state index contributed by atoms with van der Waals surface area (Å²) in [6.07, 6.45) is 1.42. The Morgan fingerprint density at radius 2 is 1.21 bits per heavy atom. The molecule has 1 N–H and O–H groups in total. The molecule has 0 radical (unpaired) electrons. The first-order valence-electron chi connectivity index (χ1n) is 9.68. The van der Waals surface area contributed by atoms with E-state index in [4.69, 9.17) is 0 Å². The lowest BCUT2D eigenvalue weighted by molar-refractivity contribution is 0.0984. The summed E-state index contributed by atoms with van der Waals surface area (Å²) in [7, 11) is 0. The van der Waals surface area contributed by atoms with Gasteiger partial charge in [0.25, 0.3) is 0 Å². The zero-order valence-corrected chi connectivity index (χ0v) is 17.8. The van der Waals surface area contributed by atoms with Crippen LogP contribution in [0.25, 0.3) is 10.8 Å². The molecular formula is C26H26O3. The maximum atomic E-state index is 11.8. The highest BCUT2D eigenvalue weighted by atomic mass is 16.3. The number of rotatable bonds is 0. The Balaban J connectivity index is 0.000000166. The number of aromatic hydroxyl groups is 1. The molecule has 0 fully saturated rings. The largest absolute Gasteiger partial charge is 0.507 e. The highest BCUT2D eigenvalue weighted by Gasteiger charge is 2.23. The van der Waals surface area contributed by atoms with Gasteiger partial charge in [-0.1, -0.05) is 18.2 Å². The summed E-state index contributed by atoms with van der Waals surface area (Å²) < 4.78 is 0. The average molecular weight is 386 g/mol. The van der Waals surface area contributed by atoms with Crippen LogP contribution < -0.4 is 0 Å². The molecule has 1 aliphatic carbocycles. The molecule has 0 aliphatic heterocycles. The summed E-state index contributed by atoms with van der Waals surface area (Å²) in [5.41, 5.74) is 7.11. The van der Waals surface area contributed by atoms with Crippen LogP contribution in [0.4, 0.5) is 0 Å². The number of phenolic OH excluding ortho intramolecular Hbond substituents is 1. The standard InChI is InChI=1S/C13H12O2.C13H14O/c1-7-4-10-11(5-8(7)2)13(15)9(3)6-12(10)14;1-8-4-5-11-6-9(2)10(3)7-12(11)13(8)14/h4-6H,1-3H3;4-7,14H,1-3H3. The second kappa shape index (κ2) is 7.67. The van der Waals surface area contributed by atoms with Crippen molar-refractivity contribution in [3.05, 3.63) is 87.0 Å². The van der Waals surface area contributed by atoms with Gasteiger partial charge in [0.1, 0.15) is 5.75 Å². The Hall–Kier alpha value is -3.20. The molecule has 0 saturated heterocycles. The van der Waals surface area contributed by atoms with E-state index < -0.39 is 0 Å². The number of hydrogen-bond acceptors (Lipinski definition) is 3. The number of ketones is 2. The topological polar surface area (TPSA) is 54.4 Å². The molecule has 0 atom stereocenters. The van der Waals surface area contributed by atoms with E-state index in [-0.39, 0.29) is 11.6 Å². The fraction of sp³-hybridized carbons (Fsp3) is 0.231. The van der Waals surface area contributed by atoms with Crippen molar-refractivity contribution in [3.63, 3.8) is 0 Å². The number of carbonyl (C=O) groups excluding carboxylic acids is 2. The Kier molecular flexibility index (Phi) is 5.43. The average Bonchev–Trinajstić information content (AvgIpc) is 2.67. The number of phenols is 1. The first-order valence-corrected chi connectivity index (χ1v) is 9.68. The van der Waals surface area contributed by atoms with Crippen molar-refractivity contribution < 1.29 is 14.7 Å². The van der Waals surface area contributed by atoms with E-state index in [1.165, 1.54) is 17.2 Å². The monoisotopic (exact) mass is 386 g/mol. The molecule has 0 heterocycles. The van der Waals surface area contributed by atoms with Crippen molar-refractivity contribution >= 4 is 22.3 Å². The van der Waals surface area contributed by atoms with Gasteiger partial charge in [-0.2, -0.15) is 0 Å². The maximum Gasteiger partial charge on any atom is 0.189 e. The number of fused-ring (bicyclic) bond motifs is 2. The molecule has 3 heteroatoms. The van der Waals surface area contributed by atoms with E-state index in [0.717, 1.165) is 27.5 Å². The molecule has 29 heavy (non-hydrogen) atoms. The van der Waals surface area contributed by atoms with Gasteiger partial charge < -0.3 is 5.11 Å². The zero-order valence-electron chi connectivity index (χ0n) is 17.8. The molecule has 4 rings (SSSR count). The maximum absolute atomic E-state index is 11.8. The lowest BCUT2D eigenvalue weighted by Gasteiger charge is -2.14.